The molecular weight excluding hydrogens is 305 g/mol. The lowest BCUT2D eigenvalue weighted by molar-refractivity contribution is 0.102. The van der Waals surface area contributed by atoms with Gasteiger partial charge in [-0.1, -0.05) is 0 Å². The van der Waals surface area contributed by atoms with E-state index in [1.54, 1.807) is 26.0 Å². The van der Waals surface area contributed by atoms with Gasteiger partial charge in [0.15, 0.2) is 0 Å². The number of carbonyl (C=O) groups is 1. The third-order valence-electron chi connectivity index (χ3n) is 2.97. The number of nitrogens with zero attached hydrogens (tertiary/aromatic N) is 3. The fourth-order valence-corrected chi connectivity index (χ4v) is 2.37. The molecule has 112 valence electrons. The van der Waals surface area contributed by atoms with E-state index in [9.17, 15) is 9.18 Å². The van der Waals surface area contributed by atoms with Crippen molar-refractivity contribution in [1.29, 1.82) is 0 Å². The Bertz CT molecular complexity index is 824. The largest absolute Gasteiger partial charge is 0.341 e. The molecule has 2 N–H and O–H groups in total. The summed E-state index contributed by atoms with van der Waals surface area (Å²) in [5.74, 6) is 0.0539. The highest BCUT2D eigenvalue weighted by Crippen LogP contribution is 2.19. The Morgan fingerprint density at radius 2 is 1.95 bits per heavy atom. The van der Waals surface area contributed by atoms with Crippen LogP contribution in [0.15, 0.2) is 24.3 Å². The quantitative estimate of drug-likeness (QED) is 0.778. The number of benzene rings is 1. The number of hydrogen-bond acceptors (Lipinski definition) is 5. The fraction of sp³-hybridized carbons (Fsp3) is 0.143. The smallest absolute Gasteiger partial charge is 0.278 e. The van der Waals surface area contributed by atoms with Gasteiger partial charge in [0.2, 0.25) is 5.95 Å². The van der Waals surface area contributed by atoms with E-state index in [0.717, 1.165) is 5.01 Å². The molecule has 6 nitrogen and oxygen atoms in total. The van der Waals surface area contributed by atoms with Crippen molar-refractivity contribution in [2.45, 2.75) is 13.8 Å². The standard InChI is InChI=1S/C14H12FN5OS/c1-7-11(13(21)19-14-17-8(2)22-20-14)18-12(16-7)9-3-5-10(15)6-4-9/h3-6H,1-2H3,(H,16,18)(H,19,20,21). The summed E-state index contributed by atoms with van der Waals surface area (Å²) >= 11 is 1.21. The highest BCUT2D eigenvalue weighted by Gasteiger charge is 2.17. The first-order chi connectivity index (χ1) is 10.5. The molecule has 0 fully saturated rings. The Morgan fingerprint density at radius 3 is 2.59 bits per heavy atom. The van der Waals surface area contributed by atoms with Gasteiger partial charge in [0.1, 0.15) is 22.3 Å². The molecule has 1 aromatic carbocycles. The van der Waals surface area contributed by atoms with Gasteiger partial charge in [-0.3, -0.25) is 10.1 Å². The van der Waals surface area contributed by atoms with Crippen LogP contribution in [0.1, 0.15) is 21.2 Å². The molecule has 22 heavy (non-hydrogen) atoms. The van der Waals surface area contributed by atoms with E-state index in [-0.39, 0.29) is 23.4 Å². The first-order valence-corrected chi connectivity index (χ1v) is 7.24. The zero-order valence-corrected chi connectivity index (χ0v) is 12.7. The molecule has 0 unspecified atom stereocenters. The number of carbonyl (C=O) groups excluding carboxylic acids is 1. The number of hydrogen-bond donors (Lipinski definition) is 2. The van der Waals surface area contributed by atoms with Crippen molar-refractivity contribution < 1.29 is 9.18 Å². The zero-order valence-electron chi connectivity index (χ0n) is 11.8. The average molecular weight is 317 g/mol. The van der Waals surface area contributed by atoms with Crippen molar-refractivity contribution in [2.24, 2.45) is 0 Å². The lowest BCUT2D eigenvalue weighted by Gasteiger charge is -1.98. The summed E-state index contributed by atoms with van der Waals surface area (Å²) < 4.78 is 17.0. The molecule has 0 aliphatic rings. The van der Waals surface area contributed by atoms with Crippen LogP contribution in [0.5, 0.6) is 0 Å². The van der Waals surface area contributed by atoms with Crippen LogP contribution in [0.2, 0.25) is 0 Å². The van der Waals surface area contributed by atoms with Crippen LogP contribution < -0.4 is 5.32 Å². The lowest BCUT2D eigenvalue weighted by Crippen LogP contribution is -2.14. The molecule has 0 saturated carbocycles. The topological polar surface area (TPSA) is 83.6 Å². The summed E-state index contributed by atoms with van der Waals surface area (Å²) in [6.07, 6.45) is 0. The van der Waals surface area contributed by atoms with Crippen LogP contribution in [0, 0.1) is 19.7 Å². The predicted octanol–water partition coefficient (Wildman–Crippen LogP) is 2.94. The minimum Gasteiger partial charge on any atom is -0.341 e. The number of imidazole rings is 1. The van der Waals surface area contributed by atoms with Crippen LogP contribution in [0.4, 0.5) is 10.3 Å². The minimum atomic E-state index is -0.389. The summed E-state index contributed by atoms with van der Waals surface area (Å²) in [6.45, 7) is 3.55. The third-order valence-corrected chi connectivity index (χ3v) is 3.59. The van der Waals surface area contributed by atoms with Gasteiger partial charge < -0.3 is 4.98 Å². The van der Waals surface area contributed by atoms with Crippen LogP contribution in [-0.2, 0) is 0 Å². The summed E-state index contributed by atoms with van der Waals surface area (Å²) in [5, 5.41) is 3.37. The van der Waals surface area contributed by atoms with Crippen molar-refractivity contribution in [3.8, 4) is 11.4 Å². The van der Waals surface area contributed by atoms with Crippen molar-refractivity contribution >= 4 is 23.4 Å². The van der Waals surface area contributed by atoms with E-state index in [1.165, 1.54) is 23.7 Å². The van der Waals surface area contributed by atoms with Crippen molar-refractivity contribution in [2.75, 3.05) is 5.32 Å². The van der Waals surface area contributed by atoms with Crippen molar-refractivity contribution in [3.63, 3.8) is 0 Å². The first kappa shape index (κ1) is 14.3. The molecule has 0 radical (unpaired) electrons. The molecule has 3 rings (SSSR count). The number of anilines is 1. The van der Waals surface area contributed by atoms with Gasteiger partial charge in [0.05, 0.1) is 0 Å². The van der Waals surface area contributed by atoms with Crippen molar-refractivity contribution in [1.82, 2.24) is 19.3 Å². The Kier molecular flexibility index (Phi) is 3.68. The SMILES string of the molecule is Cc1nc(NC(=O)c2nc(-c3ccc(F)cc3)[nH]c2C)ns1. The fourth-order valence-electron chi connectivity index (χ4n) is 1.94. The van der Waals surface area contributed by atoms with E-state index < -0.39 is 0 Å². The maximum absolute atomic E-state index is 13.0. The summed E-state index contributed by atoms with van der Waals surface area (Å²) in [6, 6.07) is 5.88. The molecule has 1 amide bonds. The number of halogens is 1. The van der Waals surface area contributed by atoms with Crippen LogP contribution in [-0.4, -0.2) is 25.2 Å². The van der Waals surface area contributed by atoms with Gasteiger partial charge in [0, 0.05) is 11.3 Å². The Morgan fingerprint density at radius 1 is 1.23 bits per heavy atom. The summed E-state index contributed by atoms with van der Waals surface area (Å²) in [5.41, 5.74) is 1.57. The van der Waals surface area contributed by atoms with Crippen LogP contribution >= 0.6 is 11.5 Å². The lowest BCUT2D eigenvalue weighted by atomic mass is 10.2. The first-order valence-electron chi connectivity index (χ1n) is 6.47. The maximum atomic E-state index is 13.0. The number of aromatic amines is 1. The highest BCUT2D eigenvalue weighted by molar-refractivity contribution is 7.05. The van der Waals surface area contributed by atoms with Gasteiger partial charge in [0.25, 0.3) is 5.91 Å². The predicted molar refractivity (Wildman–Crippen MR) is 81.3 cm³/mol. The van der Waals surface area contributed by atoms with Crippen LogP contribution in [0.3, 0.4) is 0 Å². The van der Waals surface area contributed by atoms with Gasteiger partial charge in [-0.25, -0.2) is 14.4 Å². The molecule has 3 aromatic rings. The van der Waals surface area contributed by atoms with Gasteiger partial charge in [-0.05, 0) is 49.6 Å². The minimum absolute atomic E-state index is 0.256. The molecule has 8 heteroatoms. The number of rotatable bonds is 3. The molecular formula is C14H12FN5OS. The normalized spacial score (nSPS) is 10.7. The molecule has 0 spiro atoms. The van der Waals surface area contributed by atoms with Crippen molar-refractivity contribution in [3.05, 3.63) is 46.5 Å². The number of nitrogens with one attached hydrogen (secondary N) is 2. The van der Waals surface area contributed by atoms with Gasteiger partial charge in [-0.2, -0.15) is 4.37 Å². The monoisotopic (exact) mass is 317 g/mol. The van der Waals surface area contributed by atoms with Gasteiger partial charge >= 0.3 is 0 Å². The second-order valence-electron chi connectivity index (χ2n) is 4.66. The number of H-pyrrole nitrogens is 1. The van der Waals surface area contributed by atoms with E-state index >= 15 is 0 Å². The Balaban J connectivity index is 1.85. The summed E-state index contributed by atoms with van der Waals surface area (Å²) in [7, 11) is 0. The Hall–Kier alpha value is -2.61. The van der Waals surface area contributed by atoms with Crippen LogP contribution in [0.25, 0.3) is 11.4 Å². The van der Waals surface area contributed by atoms with E-state index in [1.807, 2.05) is 0 Å². The zero-order chi connectivity index (χ0) is 15.7. The van der Waals surface area contributed by atoms with E-state index in [4.69, 9.17) is 0 Å². The second kappa shape index (κ2) is 5.64. The second-order valence-corrected chi connectivity index (χ2v) is 5.61. The Labute approximate surface area is 129 Å². The molecule has 0 saturated heterocycles. The number of amides is 1. The molecule has 0 atom stereocenters. The molecule has 0 aliphatic heterocycles. The number of aromatic nitrogens is 4. The highest BCUT2D eigenvalue weighted by atomic mass is 32.1. The molecule has 2 heterocycles. The van der Waals surface area contributed by atoms with Gasteiger partial charge in [-0.15, -0.1) is 0 Å². The van der Waals surface area contributed by atoms with E-state index in [2.05, 4.69) is 24.6 Å². The average Bonchev–Trinajstić information content (AvgIpc) is 3.06. The molecule has 0 aliphatic carbocycles. The third kappa shape index (κ3) is 2.86. The van der Waals surface area contributed by atoms with E-state index in [0.29, 0.717) is 17.1 Å². The number of aryl methyl sites for hydroxylation is 2. The maximum Gasteiger partial charge on any atom is 0.278 e. The molecule has 0 bridgehead atoms. The molecule has 2 aromatic heterocycles. The summed E-state index contributed by atoms with van der Waals surface area (Å²) in [4.78, 5) is 23.6.